The minimum Gasteiger partial charge on any atom is -0.486 e. The van der Waals surface area contributed by atoms with E-state index in [-0.39, 0.29) is 5.91 Å². The number of amides is 1. The molecule has 1 saturated heterocycles. The molecule has 30 heavy (non-hydrogen) atoms. The van der Waals surface area contributed by atoms with E-state index in [9.17, 15) is 13.2 Å². The Morgan fingerprint density at radius 3 is 2.47 bits per heavy atom. The lowest BCUT2D eigenvalue weighted by Crippen LogP contribution is -2.48. The number of fused-ring (bicyclic) bond motifs is 1. The van der Waals surface area contributed by atoms with Gasteiger partial charge in [-0.3, -0.25) is 9.10 Å². The molecule has 168 valence electrons. The Morgan fingerprint density at radius 1 is 1.13 bits per heavy atom. The summed E-state index contributed by atoms with van der Waals surface area (Å²) in [6.45, 7) is 6.18. The summed E-state index contributed by atoms with van der Waals surface area (Å²) in [5.41, 5.74) is 0.383. The molecule has 8 nitrogen and oxygen atoms in total. The molecule has 1 amide bonds. The van der Waals surface area contributed by atoms with E-state index < -0.39 is 16.1 Å². The van der Waals surface area contributed by atoms with Gasteiger partial charge in [0.1, 0.15) is 19.3 Å². The predicted octanol–water partition coefficient (Wildman–Crippen LogP) is 1.99. The summed E-state index contributed by atoms with van der Waals surface area (Å²) in [4.78, 5) is 15.2. The zero-order valence-electron chi connectivity index (χ0n) is 17.9. The van der Waals surface area contributed by atoms with Crippen molar-refractivity contribution >= 4 is 21.6 Å². The number of likely N-dealkylation sites (tertiary alicyclic amines) is 1. The van der Waals surface area contributed by atoms with Crippen molar-refractivity contribution in [3.05, 3.63) is 18.2 Å². The fourth-order valence-corrected chi connectivity index (χ4v) is 5.17. The number of nitrogens with one attached hydrogen (secondary N) is 1. The van der Waals surface area contributed by atoms with E-state index in [4.69, 9.17) is 9.47 Å². The summed E-state index contributed by atoms with van der Waals surface area (Å²) in [5.74, 6) is 0.743. The highest BCUT2D eigenvalue weighted by atomic mass is 32.2. The van der Waals surface area contributed by atoms with Crippen LogP contribution >= 0.6 is 0 Å². The second kappa shape index (κ2) is 10.3. The molecule has 2 aliphatic heterocycles. The van der Waals surface area contributed by atoms with Gasteiger partial charge in [0.2, 0.25) is 15.9 Å². The van der Waals surface area contributed by atoms with Gasteiger partial charge in [-0.1, -0.05) is 12.8 Å². The number of ether oxygens (including phenoxy) is 2. The van der Waals surface area contributed by atoms with Gasteiger partial charge in [-0.15, -0.1) is 0 Å². The van der Waals surface area contributed by atoms with E-state index in [2.05, 4.69) is 10.2 Å². The van der Waals surface area contributed by atoms with Crippen LogP contribution in [0.4, 0.5) is 5.69 Å². The van der Waals surface area contributed by atoms with Crippen LogP contribution in [0, 0.1) is 0 Å². The van der Waals surface area contributed by atoms with Crippen LogP contribution in [-0.4, -0.2) is 70.9 Å². The number of anilines is 1. The summed E-state index contributed by atoms with van der Waals surface area (Å²) in [5, 5.41) is 2.89. The van der Waals surface area contributed by atoms with Crippen molar-refractivity contribution in [2.75, 3.05) is 50.0 Å². The summed E-state index contributed by atoms with van der Waals surface area (Å²) in [6.07, 6.45) is 7.02. The van der Waals surface area contributed by atoms with Crippen LogP contribution in [0.2, 0.25) is 0 Å². The van der Waals surface area contributed by atoms with Crippen molar-refractivity contribution in [3.63, 3.8) is 0 Å². The standard InChI is InChI=1S/C21H33N3O5S/c1-17(21(25)22-10-7-13-23-11-5-3-4-6-12-23)24(30(2,26)27)18-8-9-19-20(16-18)29-15-14-28-19/h8-9,16-17H,3-7,10-15H2,1-2H3,(H,22,25)/t17-/m1/s1. The van der Waals surface area contributed by atoms with Gasteiger partial charge in [0, 0.05) is 12.6 Å². The number of hydrogen-bond donors (Lipinski definition) is 1. The van der Waals surface area contributed by atoms with Crippen LogP contribution in [0.15, 0.2) is 18.2 Å². The topological polar surface area (TPSA) is 88.2 Å². The van der Waals surface area contributed by atoms with Gasteiger partial charge in [0.15, 0.2) is 11.5 Å². The zero-order valence-corrected chi connectivity index (χ0v) is 18.7. The van der Waals surface area contributed by atoms with Crippen LogP contribution < -0.4 is 19.1 Å². The molecule has 2 aliphatic rings. The summed E-state index contributed by atoms with van der Waals surface area (Å²) < 4.78 is 37.2. The molecule has 1 aromatic rings. The minimum atomic E-state index is -3.67. The van der Waals surface area contributed by atoms with Crippen LogP contribution in [0.1, 0.15) is 39.0 Å². The third kappa shape index (κ3) is 6.01. The van der Waals surface area contributed by atoms with E-state index in [0.717, 1.165) is 36.6 Å². The van der Waals surface area contributed by atoms with E-state index >= 15 is 0 Å². The Kier molecular flexibility index (Phi) is 7.82. The maximum Gasteiger partial charge on any atom is 0.243 e. The molecule has 0 radical (unpaired) electrons. The molecule has 1 aromatic carbocycles. The lowest BCUT2D eigenvalue weighted by atomic mass is 10.2. The molecule has 3 rings (SSSR count). The third-order valence-corrected chi connectivity index (χ3v) is 6.76. The maximum absolute atomic E-state index is 12.7. The Hall–Kier alpha value is -2.00. The summed E-state index contributed by atoms with van der Waals surface area (Å²) >= 11 is 0. The first-order valence-electron chi connectivity index (χ1n) is 10.8. The maximum atomic E-state index is 12.7. The Balaban J connectivity index is 1.59. The highest BCUT2D eigenvalue weighted by Crippen LogP contribution is 2.35. The predicted molar refractivity (Wildman–Crippen MR) is 117 cm³/mol. The van der Waals surface area contributed by atoms with Gasteiger partial charge in [0.05, 0.1) is 11.9 Å². The van der Waals surface area contributed by atoms with Crippen molar-refractivity contribution in [3.8, 4) is 11.5 Å². The van der Waals surface area contributed by atoms with E-state index in [1.54, 1.807) is 25.1 Å². The van der Waals surface area contributed by atoms with Crippen molar-refractivity contribution < 1.29 is 22.7 Å². The molecular formula is C21H33N3O5S. The van der Waals surface area contributed by atoms with Crippen LogP contribution in [0.3, 0.4) is 0 Å². The molecule has 0 saturated carbocycles. The van der Waals surface area contributed by atoms with Crippen LogP contribution in [0.5, 0.6) is 11.5 Å². The number of benzene rings is 1. The lowest BCUT2D eigenvalue weighted by molar-refractivity contribution is -0.121. The molecular weight excluding hydrogens is 406 g/mol. The number of carbonyl (C=O) groups is 1. The Labute approximate surface area is 179 Å². The SMILES string of the molecule is C[C@H](C(=O)NCCCN1CCCCCC1)N(c1ccc2c(c1)OCCO2)S(C)(=O)=O. The van der Waals surface area contributed by atoms with E-state index in [0.29, 0.717) is 36.9 Å². The number of hydrogen-bond acceptors (Lipinski definition) is 6. The fraction of sp³-hybridized carbons (Fsp3) is 0.667. The average Bonchev–Trinajstić information content (AvgIpc) is 2.99. The molecule has 2 heterocycles. The van der Waals surface area contributed by atoms with Gasteiger partial charge < -0.3 is 19.7 Å². The highest BCUT2D eigenvalue weighted by Gasteiger charge is 2.30. The Bertz CT molecular complexity index is 822. The second-order valence-electron chi connectivity index (χ2n) is 7.96. The molecule has 0 unspecified atom stereocenters. The highest BCUT2D eigenvalue weighted by molar-refractivity contribution is 7.92. The molecule has 0 spiro atoms. The normalized spacial score (nSPS) is 18.3. The monoisotopic (exact) mass is 439 g/mol. The third-order valence-electron chi connectivity index (χ3n) is 5.52. The molecule has 1 N–H and O–H groups in total. The molecule has 1 fully saturated rings. The van der Waals surface area contributed by atoms with Gasteiger partial charge >= 0.3 is 0 Å². The number of rotatable bonds is 8. The number of nitrogens with zero attached hydrogens (tertiary/aromatic N) is 2. The van der Waals surface area contributed by atoms with Crippen molar-refractivity contribution in [1.82, 2.24) is 10.2 Å². The van der Waals surface area contributed by atoms with Crippen LogP contribution in [-0.2, 0) is 14.8 Å². The quantitative estimate of drug-likeness (QED) is 0.624. The van der Waals surface area contributed by atoms with E-state index in [1.165, 1.54) is 25.7 Å². The van der Waals surface area contributed by atoms with Crippen LogP contribution in [0.25, 0.3) is 0 Å². The first-order chi connectivity index (χ1) is 14.4. The molecule has 0 aromatic heterocycles. The lowest BCUT2D eigenvalue weighted by Gasteiger charge is -2.29. The average molecular weight is 440 g/mol. The van der Waals surface area contributed by atoms with Gasteiger partial charge in [-0.2, -0.15) is 0 Å². The molecule has 9 heteroatoms. The van der Waals surface area contributed by atoms with Gasteiger partial charge in [0.25, 0.3) is 0 Å². The smallest absolute Gasteiger partial charge is 0.243 e. The second-order valence-corrected chi connectivity index (χ2v) is 9.82. The van der Waals surface area contributed by atoms with Crippen molar-refractivity contribution in [2.24, 2.45) is 0 Å². The van der Waals surface area contributed by atoms with Gasteiger partial charge in [-0.05, 0) is 58.0 Å². The number of carbonyl (C=O) groups excluding carboxylic acids is 1. The fourth-order valence-electron chi connectivity index (χ4n) is 4.00. The van der Waals surface area contributed by atoms with Crippen molar-refractivity contribution in [2.45, 2.75) is 45.1 Å². The first kappa shape index (κ1) is 22.7. The Morgan fingerprint density at radius 2 is 1.80 bits per heavy atom. The largest absolute Gasteiger partial charge is 0.486 e. The minimum absolute atomic E-state index is 0.314. The first-order valence-corrected chi connectivity index (χ1v) is 12.6. The summed E-state index contributed by atoms with van der Waals surface area (Å²) in [6, 6.07) is 4.05. The van der Waals surface area contributed by atoms with E-state index in [1.807, 2.05) is 0 Å². The zero-order chi connectivity index (χ0) is 21.6. The van der Waals surface area contributed by atoms with Crippen molar-refractivity contribution in [1.29, 1.82) is 0 Å². The molecule has 0 aliphatic carbocycles. The summed E-state index contributed by atoms with van der Waals surface area (Å²) in [7, 11) is -3.67. The molecule has 1 atom stereocenters. The number of sulfonamides is 1. The van der Waals surface area contributed by atoms with Gasteiger partial charge in [-0.25, -0.2) is 8.42 Å². The molecule has 0 bridgehead atoms.